The average Bonchev–Trinajstić information content (AvgIpc) is 3.72. The molecule has 0 aliphatic carbocycles. The summed E-state index contributed by atoms with van der Waals surface area (Å²) >= 11 is 0. The van der Waals surface area contributed by atoms with Gasteiger partial charge in [-0.2, -0.15) is 0 Å². The normalized spacial score (nSPS) is 40.5. The van der Waals surface area contributed by atoms with Crippen LogP contribution in [0.4, 0.5) is 0 Å². The van der Waals surface area contributed by atoms with Gasteiger partial charge in [0.1, 0.15) is 54.1 Å². The molecule has 0 radical (unpaired) electrons. The molecule has 240 valence electrons. The first kappa shape index (κ1) is 29.5. The minimum atomic E-state index is -0.845. The molecule has 12 nitrogen and oxygen atoms in total. The van der Waals surface area contributed by atoms with E-state index in [2.05, 4.69) is 0 Å². The van der Waals surface area contributed by atoms with Crippen LogP contribution < -0.4 is 0 Å². The monoisotopic (exact) mass is 622 g/mol. The molecule has 2 aromatic rings. The molecule has 2 aromatic carbocycles. The van der Waals surface area contributed by atoms with Crippen molar-refractivity contribution < 1.29 is 47.4 Å². The second kappa shape index (κ2) is 11.7. The highest BCUT2D eigenvalue weighted by Gasteiger charge is 2.59. The lowest BCUT2D eigenvalue weighted by molar-refractivity contribution is -0.332. The zero-order valence-corrected chi connectivity index (χ0v) is 25.6. The Bertz CT molecular complexity index is 1320. The number of aliphatic imine (C=N–C) groups is 2. The van der Waals surface area contributed by atoms with Crippen molar-refractivity contribution >= 4 is 11.8 Å². The summed E-state index contributed by atoms with van der Waals surface area (Å²) in [6.45, 7) is 4.59. The Morgan fingerprint density at radius 1 is 0.622 bits per heavy atom. The van der Waals surface area contributed by atoms with Gasteiger partial charge in [0.05, 0.1) is 13.2 Å². The number of rotatable bonds is 6. The number of nitrogens with zero attached hydrogens (tertiary/aromatic N) is 2. The molecule has 45 heavy (non-hydrogen) atoms. The zero-order chi connectivity index (χ0) is 30.7. The van der Waals surface area contributed by atoms with Crippen LogP contribution in [0.25, 0.3) is 0 Å². The van der Waals surface area contributed by atoms with E-state index in [-0.39, 0.29) is 12.2 Å². The van der Waals surface area contributed by atoms with Crippen LogP contribution in [0.15, 0.2) is 70.6 Å². The summed E-state index contributed by atoms with van der Waals surface area (Å²) in [5.74, 6) is 0.873. The molecule has 0 saturated carbocycles. The van der Waals surface area contributed by atoms with Crippen molar-refractivity contribution in [3.05, 3.63) is 71.8 Å². The molecule has 0 N–H and O–H groups in total. The SMILES string of the molecule is CO[C@@H]1[C@H]2N=C(C(C)(C)C3=N[C@H]4[C@@H](O3)O[C@@H]3CO[C@@H](c5ccccc5)O[C@H]3[C@@H]4OC)O[C@H]2O[C@@H]2CO[C@@H](c3ccccc3)O[C@@H]12. The molecule has 4 fully saturated rings. The molecule has 4 saturated heterocycles. The Morgan fingerprint density at radius 3 is 1.44 bits per heavy atom. The molecule has 12 atom stereocenters. The third-order valence-electron chi connectivity index (χ3n) is 9.36. The van der Waals surface area contributed by atoms with Crippen molar-refractivity contribution in [2.75, 3.05) is 27.4 Å². The first-order valence-corrected chi connectivity index (χ1v) is 15.4. The first-order valence-electron chi connectivity index (χ1n) is 15.4. The molecule has 6 aliphatic rings. The Balaban J connectivity index is 1.00. The fourth-order valence-corrected chi connectivity index (χ4v) is 6.95. The maximum Gasteiger partial charge on any atom is 0.227 e. The summed E-state index contributed by atoms with van der Waals surface area (Å²) < 4.78 is 62.1. The van der Waals surface area contributed by atoms with Crippen molar-refractivity contribution in [1.82, 2.24) is 0 Å². The molecule has 0 bridgehead atoms. The van der Waals surface area contributed by atoms with Crippen molar-refractivity contribution in [2.24, 2.45) is 15.4 Å². The maximum absolute atomic E-state index is 6.38. The molecule has 0 amide bonds. The molecular formula is C33H38N2O10. The van der Waals surface area contributed by atoms with Crippen LogP contribution in [0, 0.1) is 5.41 Å². The summed E-state index contributed by atoms with van der Waals surface area (Å²) in [4.78, 5) is 9.97. The fraction of sp³-hybridized carbons (Fsp3) is 0.576. The number of fused-ring (bicyclic) bond motifs is 4. The average molecular weight is 623 g/mol. The van der Waals surface area contributed by atoms with Gasteiger partial charge in [0.25, 0.3) is 0 Å². The van der Waals surface area contributed by atoms with Crippen molar-refractivity contribution in [3.8, 4) is 0 Å². The Kier molecular flexibility index (Phi) is 7.66. The van der Waals surface area contributed by atoms with E-state index < -0.39 is 67.1 Å². The van der Waals surface area contributed by atoms with Crippen molar-refractivity contribution in [2.45, 2.75) is 87.7 Å². The van der Waals surface area contributed by atoms with Crippen LogP contribution in [0.2, 0.25) is 0 Å². The van der Waals surface area contributed by atoms with Gasteiger partial charge in [-0.25, -0.2) is 9.98 Å². The van der Waals surface area contributed by atoms with Gasteiger partial charge in [-0.15, -0.1) is 0 Å². The second-order valence-corrected chi connectivity index (χ2v) is 12.6. The van der Waals surface area contributed by atoms with E-state index in [0.29, 0.717) is 25.0 Å². The standard InChI is InChI=1S/C33H38N2O10/c1-33(2,31-34-21-25(36-3)23-19(40-29(21)44-31)15-38-27(42-23)17-11-7-5-8-12-17)32-35-22-26(37-4)24-20(41-30(22)45-32)16-39-28(43-24)18-13-9-6-10-14-18/h5-14,19-30H,15-16H2,1-4H3/t19-,20-,21-,22-,23-,24-,25-,26-,27-,28-,29-,30-/m1/s1. The predicted octanol–water partition coefficient (Wildman–Crippen LogP) is 3.32. The highest BCUT2D eigenvalue weighted by molar-refractivity contribution is 6.05. The lowest BCUT2D eigenvalue weighted by Crippen LogP contribution is -2.61. The van der Waals surface area contributed by atoms with Crippen molar-refractivity contribution in [1.29, 1.82) is 0 Å². The summed E-state index contributed by atoms with van der Waals surface area (Å²) in [6, 6.07) is 18.8. The van der Waals surface area contributed by atoms with Crippen LogP contribution >= 0.6 is 0 Å². The lowest BCUT2D eigenvalue weighted by Gasteiger charge is -2.45. The van der Waals surface area contributed by atoms with E-state index in [1.165, 1.54) is 0 Å². The van der Waals surface area contributed by atoms with E-state index in [1.54, 1.807) is 14.2 Å². The van der Waals surface area contributed by atoms with E-state index in [4.69, 9.17) is 57.4 Å². The quantitative estimate of drug-likeness (QED) is 0.475. The van der Waals surface area contributed by atoms with Gasteiger partial charge < -0.3 is 47.4 Å². The van der Waals surface area contributed by atoms with E-state index >= 15 is 0 Å². The number of hydrogen-bond donors (Lipinski definition) is 0. The van der Waals surface area contributed by atoms with Gasteiger partial charge in [0.2, 0.25) is 24.4 Å². The second-order valence-electron chi connectivity index (χ2n) is 12.6. The summed E-state index contributed by atoms with van der Waals surface area (Å²) in [5, 5.41) is 0. The van der Waals surface area contributed by atoms with Gasteiger partial charge >= 0.3 is 0 Å². The molecule has 0 unspecified atom stereocenters. The van der Waals surface area contributed by atoms with Crippen LogP contribution in [0.3, 0.4) is 0 Å². The maximum atomic E-state index is 6.38. The van der Waals surface area contributed by atoms with Crippen LogP contribution in [0.5, 0.6) is 0 Å². The topological polar surface area (TPSA) is 117 Å². The molecular weight excluding hydrogens is 584 g/mol. The van der Waals surface area contributed by atoms with Gasteiger partial charge in [-0.05, 0) is 13.8 Å². The minimum absolute atomic E-state index is 0.337. The van der Waals surface area contributed by atoms with Gasteiger partial charge in [-0.1, -0.05) is 60.7 Å². The summed E-state index contributed by atoms with van der Waals surface area (Å²) in [6.07, 6.45) is -4.74. The predicted molar refractivity (Wildman–Crippen MR) is 157 cm³/mol. The molecule has 12 heteroatoms. The highest BCUT2D eigenvalue weighted by Crippen LogP contribution is 2.43. The van der Waals surface area contributed by atoms with Gasteiger partial charge in [-0.3, -0.25) is 0 Å². The zero-order valence-electron chi connectivity index (χ0n) is 25.6. The van der Waals surface area contributed by atoms with E-state index in [9.17, 15) is 0 Å². The Morgan fingerprint density at radius 2 is 1.04 bits per heavy atom. The van der Waals surface area contributed by atoms with Crippen LogP contribution in [-0.4, -0.2) is 101 Å². The first-order chi connectivity index (χ1) is 21.9. The smallest absolute Gasteiger partial charge is 0.227 e. The Hall–Kier alpha value is -2.94. The summed E-state index contributed by atoms with van der Waals surface area (Å²) in [7, 11) is 3.31. The van der Waals surface area contributed by atoms with Gasteiger partial charge in [0.15, 0.2) is 12.6 Å². The van der Waals surface area contributed by atoms with E-state index in [1.807, 2.05) is 74.5 Å². The third kappa shape index (κ3) is 5.08. The Labute approximate surface area is 261 Å². The molecule has 0 aromatic heterocycles. The number of benzene rings is 2. The van der Waals surface area contributed by atoms with Crippen LogP contribution in [0.1, 0.15) is 37.6 Å². The largest absolute Gasteiger partial charge is 0.448 e. The lowest BCUT2D eigenvalue weighted by atomic mass is 9.92. The highest BCUT2D eigenvalue weighted by atomic mass is 16.8. The molecule has 6 heterocycles. The summed E-state index contributed by atoms with van der Waals surface area (Å²) in [5.41, 5.74) is 1.02. The minimum Gasteiger partial charge on any atom is -0.448 e. The van der Waals surface area contributed by atoms with Gasteiger partial charge in [0, 0.05) is 25.3 Å². The molecule has 8 rings (SSSR count). The molecule has 6 aliphatic heterocycles. The molecule has 0 spiro atoms. The number of ether oxygens (including phenoxy) is 10. The third-order valence-corrected chi connectivity index (χ3v) is 9.36. The van der Waals surface area contributed by atoms with E-state index in [0.717, 1.165) is 11.1 Å². The van der Waals surface area contributed by atoms with Crippen molar-refractivity contribution in [3.63, 3.8) is 0 Å². The number of hydrogen-bond acceptors (Lipinski definition) is 12. The fourth-order valence-electron chi connectivity index (χ4n) is 6.95. The van der Waals surface area contributed by atoms with Crippen LogP contribution in [-0.2, 0) is 47.4 Å². The number of methoxy groups -OCH3 is 2.